The standard InChI is InChI=1S/C49H31NO3/c1-3-13-36-33(11-1)34-12-2-4-14-37(34)49(36)38-27-28-46-48(53-45-20-10-9-19-44(45)52-46)47(38)35-26-23-31(29-39(35)49)30-21-24-32(25-22-30)50-40-15-5-7-17-42(40)51-43-18-8-6-16-41(43)50/h1-27,29,46H,28H2. The highest BCUT2D eigenvalue weighted by Gasteiger charge is 2.56. The highest BCUT2D eigenvalue weighted by molar-refractivity contribution is 6.02. The van der Waals surface area contributed by atoms with Crippen LogP contribution in [0.15, 0.2) is 181 Å². The molecule has 5 aliphatic rings. The molecule has 4 heteroatoms. The zero-order chi connectivity index (χ0) is 34.7. The maximum Gasteiger partial charge on any atom is 0.169 e. The van der Waals surface area contributed by atoms with E-state index in [1.54, 1.807) is 0 Å². The predicted octanol–water partition coefficient (Wildman–Crippen LogP) is 12.1. The van der Waals surface area contributed by atoms with Crippen LogP contribution in [0.4, 0.5) is 17.1 Å². The molecule has 0 N–H and O–H groups in total. The van der Waals surface area contributed by atoms with E-state index in [0.29, 0.717) is 0 Å². The van der Waals surface area contributed by atoms with Gasteiger partial charge in [-0.1, -0.05) is 115 Å². The van der Waals surface area contributed by atoms with Gasteiger partial charge in [0.1, 0.15) is 0 Å². The van der Waals surface area contributed by atoms with E-state index in [1.807, 2.05) is 48.5 Å². The summed E-state index contributed by atoms with van der Waals surface area (Å²) in [6, 6.07) is 58.3. The van der Waals surface area contributed by atoms with Crippen molar-refractivity contribution in [3.05, 3.63) is 203 Å². The van der Waals surface area contributed by atoms with Crippen molar-refractivity contribution in [3.63, 3.8) is 0 Å². The van der Waals surface area contributed by atoms with Gasteiger partial charge < -0.3 is 19.1 Å². The largest absolute Gasteiger partial charge is 0.478 e. The van der Waals surface area contributed by atoms with Crippen LogP contribution in [0.3, 0.4) is 0 Å². The van der Waals surface area contributed by atoms with Crippen molar-refractivity contribution in [2.75, 3.05) is 4.90 Å². The molecule has 4 nitrogen and oxygen atoms in total. The lowest BCUT2D eigenvalue weighted by Crippen LogP contribution is -2.32. The first kappa shape index (κ1) is 28.9. The Morgan fingerprint density at radius 1 is 0.491 bits per heavy atom. The van der Waals surface area contributed by atoms with Crippen LogP contribution in [-0.4, -0.2) is 6.10 Å². The lowest BCUT2D eigenvalue weighted by molar-refractivity contribution is 0.148. The Morgan fingerprint density at radius 3 is 1.77 bits per heavy atom. The lowest BCUT2D eigenvalue weighted by atomic mass is 9.69. The zero-order valence-electron chi connectivity index (χ0n) is 28.6. The molecule has 53 heavy (non-hydrogen) atoms. The maximum absolute atomic E-state index is 6.82. The van der Waals surface area contributed by atoms with Crippen LogP contribution in [0.25, 0.3) is 27.8 Å². The minimum Gasteiger partial charge on any atom is -0.478 e. The van der Waals surface area contributed by atoms with Gasteiger partial charge in [-0.2, -0.15) is 0 Å². The molecule has 7 aromatic rings. The first-order valence-electron chi connectivity index (χ1n) is 18.3. The second-order valence-electron chi connectivity index (χ2n) is 14.3. The van der Waals surface area contributed by atoms with E-state index in [1.165, 1.54) is 44.5 Å². The van der Waals surface area contributed by atoms with E-state index in [9.17, 15) is 0 Å². The zero-order valence-corrected chi connectivity index (χ0v) is 28.6. The average molecular weight is 682 g/mol. The summed E-state index contributed by atoms with van der Waals surface area (Å²) in [6.07, 6.45) is 2.98. The van der Waals surface area contributed by atoms with Gasteiger partial charge in [0.2, 0.25) is 0 Å². The van der Waals surface area contributed by atoms with Gasteiger partial charge in [0, 0.05) is 17.7 Å². The molecular formula is C49H31NO3. The van der Waals surface area contributed by atoms with E-state index in [2.05, 4.69) is 126 Å². The number of nitrogens with zero attached hydrogens (tertiary/aromatic N) is 1. The smallest absolute Gasteiger partial charge is 0.169 e. The van der Waals surface area contributed by atoms with Gasteiger partial charge in [0.15, 0.2) is 34.9 Å². The second-order valence-corrected chi connectivity index (χ2v) is 14.3. The van der Waals surface area contributed by atoms with Crippen LogP contribution < -0.4 is 19.1 Å². The SMILES string of the molecule is C1=C2C(=C3Oc4ccccc4OC3C1)c1ccc(-c3ccc(N4c5ccccc5Oc5ccccc54)cc3)cc1C21c2ccccc2-c2ccccc21. The number of ether oxygens (including phenoxy) is 3. The number of fused-ring (bicyclic) bond motifs is 14. The minimum atomic E-state index is -0.479. The molecule has 1 unspecified atom stereocenters. The van der Waals surface area contributed by atoms with Crippen molar-refractivity contribution in [2.45, 2.75) is 17.9 Å². The van der Waals surface area contributed by atoms with Gasteiger partial charge >= 0.3 is 0 Å². The number of para-hydroxylation sites is 6. The third-order valence-electron chi connectivity index (χ3n) is 11.6. The summed E-state index contributed by atoms with van der Waals surface area (Å²) in [4.78, 5) is 2.29. The number of hydrogen-bond acceptors (Lipinski definition) is 4. The lowest BCUT2D eigenvalue weighted by Gasteiger charge is -2.36. The van der Waals surface area contributed by atoms with E-state index >= 15 is 0 Å². The molecule has 12 rings (SSSR count). The first-order valence-corrected chi connectivity index (χ1v) is 18.3. The van der Waals surface area contributed by atoms with Crippen LogP contribution in [-0.2, 0) is 5.41 Å². The Morgan fingerprint density at radius 2 is 1.08 bits per heavy atom. The summed E-state index contributed by atoms with van der Waals surface area (Å²) in [5.41, 5.74) is 15.1. The summed E-state index contributed by atoms with van der Waals surface area (Å²) >= 11 is 0. The Labute approximate surface area is 307 Å². The quantitative estimate of drug-likeness (QED) is 0.182. The average Bonchev–Trinajstić information content (AvgIpc) is 3.69. The van der Waals surface area contributed by atoms with E-state index in [4.69, 9.17) is 14.2 Å². The fourth-order valence-corrected chi connectivity index (χ4v) is 9.47. The molecule has 7 aromatic carbocycles. The number of benzene rings is 7. The van der Waals surface area contributed by atoms with Crippen molar-refractivity contribution < 1.29 is 14.2 Å². The van der Waals surface area contributed by atoms with Crippen LogP contribution >= 0.6 is 0 Å². The molecule has 0 saturated heterocycles. The summed E-state index contributed by atoms with van der Waals surface area (Å²) in [7, 11) is 0. The number of rotatable bonds is 2. The molecule has 1 spiro atoms. The van der Waals surface area contributed by atoms with Crippen LogP contribution in [0, 0.1) is 0 Å². The molecular weight excluding hydrogens is 651 g/mol. The summed E-state index contributed by atoms with van der Waals surface area (Å²) in [5.74, 6) is 4.17. The fraction of sp³-hybridized carbons (Fsp3) is 0.0612. The third-order valence-corrected chi connectivity index (χ3v) is 11.6. The van der Waals surface area contributed by atoms with Crippen molar-refractivity contribution >= 4 is 22.6 Å². The molecule has 0 amide bonds. The topological polar surface area (TPSA) is 30.9 Å². The molecule has 250 valence electrons. The molecule has 2 heterocycles. The molecule has 0 bridgehead atoms. The van der Waals surface area contributed by atoms with Gasteiger partial charge in [0.25, 0.3) is 0 Å². The Kier molecular flexibility index (Phi) is 5.79. The summed E-state index contributed by atoms with van der Waals surface area (Å²) in [6.45, 7) is 0. The monoisotopic (exact) mass is 681 g/mol. The number of hydrogen-bond donors (Lipinski definition) is 0. The molecule has 2 aliphatic heterocycles. The number of allylic oxidation sites excluding steroid dienone is 2. The molecule has 0 saturated carbocycles. The van der Waals surface area contributed by atoms with Gasteiger partial charge in [-0.05, 0) is 105 Å². The van der Waals surface area contributed by atoms with Crippen molar-refractivity contribution in [2.24, 2.45) is 0 Å². The Balaban J connectivity index is 1.05. The minimum absolute atomic E-state index is 0.179. The first-order chi connectivity index (χ1) is 26.3. The van der Waals surface area contributed by atoms with Crippen LogP contribution in [0.2, 0.25) is 0 Å². The molecule has 0 radical (unpaired) electrons. The Bertz CT molecular complexity index is 2670. The summed E-state index contributed by atoms with van der Waals surface area (Å²) in [5, 5.41) is 0. The van der Waals surface area contributed by atoms with Gasteiger partial charge in [-0.25, -0.2) is 0 Å². The van der Waals surface area contributed by atoms with Crippen molar-refractivity contribution in [1.82, 2.24) is 0 Å². The van der Waals surface area contributed by atoms with E-state index in [0.717, 1.165) is 63.4 Å². The highest BCUT2D eigenvalue weighted by atomic mass is 16.6. The third kappa shape index (κ3) is 3.84. The maximum atomic E-state index is 6.82. The second kappa shape index (κ2) is 10.6. The molecule has 3 aliphatic carbocycles. The Hall–Kier alpha value is -6.78. The van der Waals surface area contributed by atoms with E-state index in [-0.39, 0.29) is 6.10 Å². The van der Waals surface area contributed by atoms with Gasteiger partial charge in [-0.15, -0.1) is 0 Å². The summed E-state index contributed by atoms with van der Waals surface area (Å²) < 4.78 is 19.7. The normalized spacial score (nSPS) is 17.4. The molecule has 0 aromatic heterocycles. The fourth-order valence-electron chi connectivity index (χ4n) is 9.47. The predicted molar refractivity (Wildman–Crippen MR) is 210 cm³/mol. The van der Waals surface area contributed by atoms with Crippen molar-refractivity contribution in [3.8, 4) is 45.3 Å². The van der Waals surface area contributed by atoms with Crippen LogP contribution in [0.5, 0.6) is 23.0 Å². The number of anilines is 3. The van der Waals surface area contributed by atoms with Gasteiger partial charge in [-0.3, -0.25) is 0 Å². The molecule has 1 atom stereocenters. The van der Waals surface area contributed by atoms with E-state index < -0.39 is 5.41 Å². The van der Waals surface area contributed by atoms with Gasteiger partial charge in [0.05, 0.1) is 16.8 Å². The van der Waals surface area contributed by atoms with Crippen LogP contribution in [0.1, 0.15) is 28.7 Å². The highest BCUT2D eigenvalue weighted by Crippen LogP contribution is 2.66. The molecule has 0 fully saturated rings. The van der Waals surface area contributed by atoms with Crippen molar-refractivity contribution in [1.29, 1.82) is 0 Å².